The van der Waals surface area contributed by atoms with Gasteiger partial charge in [-0.2, -0.15) is 0 Å². The fourth-order valence-electron chi connectivity index (χ4n) is 3.55. The standard InChI is InChI=1S/C23H18F3NO5/c24-14-3-5-17(6-4-14)27-21(13-1-7-18(28)8-2-13)22(32-23(27)30)20(29)12-31-19-10-15(25)9-16(26)11-19/h1-11,20-22,28-29H,12H2/t20?,21-,22?/m1/s1. The van der Waals surface area contributed by atoms with Crippen molar-refractivity contribution in [2.45, 2.75) is 18.2 Å². The van der Waals surface area contributed by atoms with Crippen LogP contribution in [0.25, 0.3) is 0 Å². The quantitative estimate of drug-likeness (QED) is 0.591. The van der Waals surface area contributed by atoms with Gasteiger partial charge in [-0.3, -0.25) is 4.90 Å². The van der Waals surface area contributed by atoms with Crippen molar-refractivity contribution in [2.24, 2.45) is 0 Å². The van der Waals surface area contributed by atoms with Gasteiger partial charge >= 0.3 is 6.09 Å². The predicted octanol–water partition coefficient (Wildman–Crippen LogP) is 4.32. The summed E-state index contributed by atoms with van der Waals surface area (Å²) in [4.78, 5) is 13.9. The van der Waals surface area contributed by atoms with Crippen molar-refractivity contribution in [2.75, 3.05) is 11.5 Å². The van der Waals surface area contributed by atoms with Gasteiger partial charge in [0, 0.05) is 23.9 Å². The van der Waals surface area contributed by atoms with Crippen molar-refractivity contribution >= 4 is 11.8 Å². The molecule has 9 heteroatoms. The summed E-state index contributed by atoms with van der Waals surface area (Å²) in [6, 6.07) is 12.8. The zero-order chi connectivity index (χ0) is 22.8. The summed E-state index contributed by atoms with van der Waals surface area (Å²) in [6.07, 6.45) is -3.29. The fourth-order valence-corrected chi connectivity index (χ4v) is 3.55. The van der Waals surface area contributed by atoms with E-state index in [-0.39, 0.29) is 11.5 Å². The Morgan fingerprint density at radius 1 is 0.938 bits per heavy atom. The van der Waals surface area contributed by atoms with Crippen LogP contribution in [-0.4, -0.2) is 35.1 Å². The third kappa shape index (κ3) is 4.47. The second kappa shape index (κ2) is 8.80. The van der Waals surface area contributed by atoms with E-state index < -0.39 is 48.4 Å². The monoisotopic (exact) mass is 445 g/mol. The van der Waals surface area contributed by atoms with E-state index in [0.717, 1.165) is 12.1 Å². The third-order valence-electron chi connectivity index (χ3n) is 5.00. The van der Waals surface area contributed by atoms with E-state index in [1.807, 2.05) is 0 Å². The van der Waals surface area contributed by atoms with Crippen LogP contribution in [0.4, 0.5) is 23.7 Å². The van der Waals surface area contributed by atoms with Crippen LogP contribution >= 0.6 is 0 Å². The first-order valence-electron chi connectivity index (χ1n) is 9.63. The number of benzene rings is 3. The predicted molar refractivity (Wildman–Crippen MR) is 108 cm³/mol. The number of phenols is 1. The van der Waals surface area contributed by atoms with Crippen LogP contribution < -0.4 is 9.64 Å². The SMILES string of the molecule is O=C1OC(C(O)COc2cc(F)cc(F)c2)[C@@H](c2ccc(O)cc2)N1c1ccc(F)cc1. The molecule has 1 aliphatic rings. The Morgan fingerprint density at radius 3 is 2.19 bits per heavy atom. The number of ether oxygens (including phenoxy) is 2. The number of amides is 1. The van der Waals surface area contributed by atoms with Crippen LogP contribution in [0.5, 0.6) is 11.5 Å². The minimum absolute atomic E-state index is 0.000821. The molecule has 3 atom stereocenters. The minimum Gasteiger partial charge on any atom is -0.508 e. The Bertz CT molecular complexity index is 1090. The lowest BCUT2D eigenvalue weighted by atomic mass is 9.96. The number of carbonyl (C=O) groups excluding carboxylic acids is 1. The molecule has 32 heavy (non-hydrogen) atoms. The lowest BCUT2D eigenvalue weighted by molar-refractivity contribution is -0.00656. The second-order valence-corrected chi connectivity index (χ2v) is 7.21. The first-order chi connectivity index (χ1) is 15.3. The Labute approximate surface area is 181 Å². The number of carbonyl (C=O) groups is 1. The van der Waals surface area contributed by atoms with Gasteiger partial charge in [0.15, 0.2) is 6.10 Å². The van der Waals surface area contributed by atoms with E-state index >= 15 is 0 Å². The van der Waals surface area contributed by atoms with Gasteiger partial charge in [0.05, 0.1) is 0 Å². The molecule has 0 radical (unpaired) electrons. The van der Waals surface area contributed by atoms with Gasteiger partial charge in [-0.15, -0.1) is 0 Å². The molecule has 2 N–H and O–H groups in total. The summed E-state index contributed by atoms with van der Waals surface area (Å²) in [5.41, 5.74) is 0.858. The number of hydrogen-bond acceptors (Lipinski definition) is 5. The molecule has 0 bridgehead atoms. The molecule has 166 valence electrons. The van der Waals surface area contributed by atoms with Crippen molar-refractivity contribution in [3.8, 4) is 11.5 Å². The summed E-state index contributed by atoms with van der Waals surface area (Å²) in [7, 11) is 0. The van der Waals surface area contributed by atoms with E-state index in [9.17, 15) is 28.2 Å². The van der Waals surface area contributed by atoms with Crippen molar-refractivity contribution in [3.05, 3.63) is 89.7 Å². The highest BCUT2D eigenvalue weighted by atomic mass is 19.1. The number of phenolic OH excluding ortho intramolecular Hbond substituents is 1. The molecule has 1 saturated heterocycles. The normalized spacial score (nSPS) is 19.0. The summed E-state index contributed by atoms with van der Waals surface area (Å²) in [5.74, 6) is -2.31. The van der Waals surface area contributed by atoms with Crippen LogP contribution in [0.15, 0.2) is 66.7 Å². The van der Waals surface area contributed by atoms with E-state index in [1.165, 1.54) is 41.3 Å². The first-order valence-corrected chi connectivity index (χ1v) is 9.63. The van der Waals surface area contributed by atoms with Crippen LogP contribution in [0, 0.1) is 17.5 Å². The van der Waals surface area contributed by atoms with Gasteiger partial charge in [0.1, 0.15) is 47.7 Å². The first kappa shape index (κ1) is 21.5. The van der Waals surface area contributed by atoms with Gasteiger partial charge in [-0.25, -0.2) is 18.0 Å². The molecule has 0 aliphatic carbocycles. The van der Waals surface area contributed by atoms with E-state index in [2.05, 4.69) is 0 Å². The fraction of sp³-hybridized carbons (Fsp3) is 0.174. The van der Waals surface area contributed by atoms with Gasteiger partial charge < -0.3 is 19.7 Å². The van der Waals surface area contributed by atoms with Gasteiger partial charge in [-0.05, 0) is 42.0 Å². The smallest absolute Gasteiger partial charge is 0.415 e. The van der Waals surface area contributed by atoms with Crippen molar-refractivity contribution in [3.63, 3.8) is 0 Å². The van der Waals surface area contributed by atoms with Crippen molar-refractivity contribution in [1.82, 2.24) is 0 Å². The molecule has 1 fully saturated rings. The Kier molecular flexibility index (Phi) is 5.91. The number of anilines is 1. The molecule has 1 amide bonds. The summed E-state index contributed by atoms with van der Waals surface area (Å²) >= 11 is 0. The summed E-state index contributed by atoms with van der Waals surface area (Å²) < 4.78 is 50.9. The highest BCUT2D eigenvalue weighted by molar-refractivity contribution is 5.91. The van der Waals surface area contributed by atoms with Crippen molar-refractivity contribution in [1.29, 1.82) is 0 Å². The van der Waals surface area contributed by atoms with Crippen LogP contribution in [0.2, 0.25) is 0 Å². The summed E-state index contributed by atoms with van der Waals surface area (Å²) in [6.45, 7) is -0.424. The summed E-state index contributed by atoms with van der Waals surface area (Å²) in [5, 5.41) is 20.3. The molecular weight excluding hydrogens is 427 g/mol. The molecule has 1 aliphatic heterocycles. The molecule has 4 rings (SSSR count). The molecule has 6 nitrogen and oxygen atoms in total. The van der Waals surface area contributed by atoms with Crippen LogP contribution in [-0.2, 0) is 4.74 Å². The maximum atomic E-state index is 13.4. The van der Waals surface area contributed by atoms with Gasteiger partial charge in [-0.1, -0.05) is 12.1 Å². The molecule has 2 unspecified atom stereocenters. The van der Waals surface area contributed by atoms with Crippen LogP contribution in [0.3, 0.4) is 0 Å². The number of aromatic hydroxyl groups is 1. The topological polar surface area (TPSA) is 79.2 Å². The number of aliphatic hydroxyl groups is 1. The number of aliphatic hydroxyl groups excluding tert-OH is 1. The molecular formula is C23H18F3NO5. The van der Waals surface area contributed by atoms with Gasteiger partial charge in [0.25, 0.3) is 0 Å². The molecule has 0 aromatic heterocycles. The largest absolute Gasteiger partial charge is 0.508 e. The number of rotatable bonds is 6. The molecule has 0 spiro atoms. The van der Waals surface area contributed by atoms with E-state index in [0.29, 0.717) is 17.3 Å². The average molecular weight is 445 g/mol. The Hall–Kier alpha value is -3.72. The highest BCUT2D eigenvalue weighted by Gasteiger charge is 2.47. The Morgan fingerprint density at radius 2 is 1.56 bits per heavy atom. The van der Waals surface area contributed by atoms with E-state index in [4.69, 9.17) is 9.47 Å². The van der Waals surface area contributed by atoms with E-state index in [1.54, 1.807) is 12.1 Å². The zero-order valence-electron chi connectivity index (χ0n) is 16.5. The zero-order valence-corrected chi connectivity index (χ0v) is 16.5. The van der Waals surface area contributed by atoms with Crippen molar-refractivity contribution < 1.29 is 37.7 Å². The molecule has 1 heterocycles. The molecule has 0 saturated carbocycles. The van der Waals surface area contributed by atoms with Crippen LogP contribution in [0.1, 0.15) is 11.6 Å². The third-order valence-corrected chi connectivity index (χ3v) is 5.00. The maximum absolute atomic E-state index is 13.4. The number of halogens is 3. The minimum atomic E-state index is -1.38. The second-order valence-electron chi connectivity index (χ2n) is 7.21. The number of nitrogens with zero attached hydrogens (tertiary/aromatic N) is 1. The maximum Gasteiger partial charge on any atom is 0.415 e. The van der Waals surface area contributed by atoms with Gasteiger partial charge in [0.2, 0.25) is 0 Å². The number of cyclic esters (lactones) is 1. The molecule has 3 aromatic rings. The highest BCUT2D eigenvalue weighted by Crippen LogP contribution is 2.39. The lowest BCUT2D eigenvalue weighted by Gasteiger charge is -2.27. The number of hydrogen-bond donors (Lipinski definition) is 2. The molecule has 3 aromatic carbocycles. The Balaban J connectivity index is 1.62. The lowest BCUT2D eigenvalue weighted by Crippen LogP contribution is -2.38. The average Bonchev–Trinajstić information content (AvgIpc) is 3.10.